The lowest BCUT2D eigenvalue weighted by molar-refractivity contribution is -0.269. The summed E-state index contributed by atoms with van der Waals surface area (Å²) in [7, 11) is 1.56. The Kier molecular flexibility index (Phi) is 4.62. The fourth-order valence-corrected chi connectivity index (χ4v) is 4.69. The first kappa shape index (κ1) is 19.2. The van der Waals surface area contributed by atoms with Crippen LogP contribution in [0.25, 0.3) is 11.3 Å². The smallest absolute Gasteiger partial charge is 0.439 e. The zero-order valence-electron chi connectivity index (χ0n) is 15.4. The van der Waals surface area contributed by atoms with Crippen LogP contribution in [0.15, 0.2) is 34.7 Å². The van der Waals surface area contributed by atoms with Crippen molar-refractivity contribution in [3.8, 4) is 17.0 Å². The van der Waals surface area contributed by atoms with Crippen molar-refractivity contribution >= 4 is 22.2 Å². The van der Waals surface area contributed by atoms with Gasteiger partial charge in [-0.15, -0.1) is 11.3 Å². The molecular formula is C19H20F3N3O2S. The first-order valence-electron chi connectivity index (χ1n) is 9.00. The molecule has 5 nitrogen and oxygen atoms in total. The van der Waals surface area contributed by atoms with Gasteiger partial charge in [-0.1, -0.05) is 6.92 Å². The van der Waals surface area contributed by atoms with E-state index in [9.17, 15) is 18.3 Å². The number of fused-ring (bicyclic) bond motifs is 1. The van der Waals surface area contributed by atoms with Crippen LogP contribution in [0.4, 0.5) is 18.3 Å². The van der Waals surface area contributed by atoms with Crippen LogP contribution in [0.3, 0.4) is 0 Å². The maximum Gasteiger partial charge on any atom is 0.439 e. The number of hydrogen-bond acceptors (Lipinski definition) is 6. The third-order valence-corrected chi connectivity index (χ3v) is 6.26. The normalized spacial score (nSPS) is 27.5. The second-order valence-corrected chi connectivity index (χ2v) is 8.14. The molecule has 0 amide bonds. The van der Waals surface area contributed by atoms with Crippen LogP contribution in [-0.2, 0) is 0 Å². The van der Waals surface area contributed by atoms with Gasteiger partial charge in [-0.25, -0.2) is 4.98 Å². The quantitative estimate of drug-likeness (QED) is 0.797. The minimum absolute atomic E-state index is 0.0280. The lowest BCUT2D eigenvalue weighted by Crippen LogP contribution is -2.60. The second-order valence-electron chi connectivity index (χ2n) is 7.30. The summed E-state index contributed by atoms with van der Waals surface area (Å²) in [6, 6.07) is 7.08. The number of hydrazone groups is 1. The molecule has 0 bridgehead atoms. The summed E-state index contributed by atoms with van der Waals surface area (Å²) in [5, 5.41) is 17.4. The molecule has 1 aliphatic heterocycles. The molecule has 3 unspecified atom stereocenters. The van der Waals surface area contributed by atoms with Crippen molar-refractivity contribution in [2.75, 3.05) is 12.1 Å². The maximum absolute atomic E-state index is 14.0. The molecule has 2 aromatic rings. The van der Waals surface area contributed by atoms with Crippen molar-refractivity contribution in [1.29, 1.82) is 0 Å². The van der Waals surface area contributed by atoms with Crippen LogP contribution >= 0.6 is 11.3 Å². The van der Waals surface area contributed by atoms with Gasteiger partial charge in [-0.05, 0) is 49.4 Å². The van der Waals surface area contributed by atoms with Gasteiger partial charge in [0.1, 0.15) is 5.75 Å². The number of thiazole rings is 1. The van der Waals surface area contributed by atoms with Crippen LogP contribution in [0.1, 0.15) is 26.2 Å². The van der Waals surface area contributed by atoms with Crippen molar-refractivity contribution in [2.24, 2.45) is 16.9 Å². The highest BCUT2D eigenvalue weighted by molar-refractivity contribution is 7.14. The molecule has 1 fully saturated rings. The summed E-state index contributed by atoms with van der Waals surface area (Å²) in [6.45, 7) is 1.90. The number of hydrogen-bond donors (Lipinski definition) is 1. The average Bonchev–Trinajstić information content (AvgIpc) is 3.25. The largest absolute Gasteiger partial charge is 0.497 e. The molecule has 2 aliphatic rings. The van der Waals surface area contributed by atoms with Gasteiger partial charge in [0.15, 0.2) is 0 Å². The van der Waals surface area contributed by atoms with E-state index in [2.05, 4.69) is 10.1 Å². The fraction of sp³-hybridized carbons (Fsp3) is 0.474. The summed E-state index contributed by atoms with van der Waals surface area (Å²) in [5.74, 6) is -0.289. The zero-order chi connectivity index (χ0) is 20.1. The minimum Gasteiger partial charge on any atom is -0.497 e. The Labute approximate surface area is 164 Å². The number of nitrogens with zero attached hydrogens (tertiary/aromatic N) is 3. The number of alkyl halides is 3. The zero-order valence-corrected chi connectivity index (χ0v) is 16.2. The first-order chi connectivity index (χ1) is 13.2. The molecule has 1 aliphatic carbocycles. The Morgan fingerprint density at radius 1 is 1.29 bits per heavy atom. The predicted molar refractivity (Wildman–Crippen MR) is 102 cm³/mol. The van der Waals surface area contributed by atoms with E-state index >= 15 is 0 Å². The third kappa shape index (κ3) is 2.97. The van der Waals surface area contributed by atoms with Crippen molar-refractivity contribution in [3.63, 3.8) is 0 Å². The number of aliphatic hydroxyl groups is 1. The number of methoxy groups -OCH3 is 1. The Bertz CT molecular complexity index is 897. The molecule has 3 atom stereocenters. The monoisotopic (exact) mass is 411 g/mol. The molecule has 2 heterocycles. The maximum atomic E-state index is 14.0. The highest BCUT2D eigenvalue weighted by atomic mass is 32.1. The first-order valence-corrected chi connectivity index (χ1v) is 9.88. The average molecular weight is 411 g/mol. The van der Waals surface area contributed by atoms with Gasteiger partial charge >= 0.3 is 6.18 Å². The molecule has 1 N–H and O–H groups in total. The van der Waals surface area contributed by atoms with E-state index in [4.69, 9.17) is 4.74 Å². The Morgan fingerprint density at radius 2 is 2.00 bits per heavy atom. The van der Waals surface area contributed by atoms with Crippen molar-refractivity contribution in [3.05, 3.63) is 29.6 Å². The molecule has 0 spiro atoms. The number of halogens is 3. The van der Waals surface area contributed by atoms with E-state index in [1.165, 1.54) is 0 Å². The number of ether oxygens (including phenoxy) is 1. The van der Waals surface area contributed by atoms with Crippen LogP contribution in [-0.4, -0.2) is 34.8 Å². The van der Waals surface area contributed by atoms with E-state index in [1.54, 1.807) is 36.8 Å². The predicted octanol–water partition coefficient (Wildman–Crippen LogP) is 4.68. The van der Waals surface area contributed by atoms with Gasteiger partial charge in [0, 0.05) is 16.7 Å². The van der Waals surface area contributed by atoms with E-state index < -0.39 is 17.8 Å². The molecule has 4 rings (SSSR count). The standard InChI is InChI=1S/C19H20F3N3O2S/c1-11-3-8-15-14(9-11)18(26,19(20,21)22)25(24-15)17-23-16(10-28-17)12-4-6-13(27-2)7-5-12/h4-7,10-11,14,26H,3,8-9H2,1-2H3. The summed E-state index contributed by atoms with van der Waals surface area (Å²) in [4.78, 5) is 4.34. The Hall–Kier alpha value is -2.13. The highest BCUT2D eigenvalue weighted by Crippen LogP contribution is 2.51. The summed E-state index contributed by atoms with van der Waals surface area (Å²) in [5.41, 5.74) is -1.39. The number of rotatable bonds is 3. The summed E-state index contributed by atoms with van der Waals surface area (Å²) in [6.07, 6.45) is -3.38. The number of anilines is 1. The van der Waals surface area contributed by atoms with Gasteiger partial charge < -0.3 is 9.84 Å². The molecular weight excluding hydrogens is 391 g/mol. The highest BCUT2D eigenvalue weighted by Gasteiger charge is 2.68. The van der Waals surface area contributed by atoms with Crippen molar-refractivity contribution < 1.29 is 23.0 Å². The topological polar surface area (TPSA) is 58.0 Å². The van der Waals surface area contributed by atoms with Gasteiger partial charge in [-0.2, -0.15) is 23.3 Å². The summed E-state index contributed by atoms with van der Waals surface area (Å²) < 4.78 is 47.1. The fourth-order valence-electron chi connectivity index (χ4n) is 3.86. The van der Waals surface area contributed by atoms with E-state index in [0.717, 1.165) is 23.3 Å². The minimum atomic E-state index is -4.86. The van der Waals surface area contributed by atoms with Crippen LogP contribution < -0.4 is 9.75 Å². The van der Waals surface area contributed by atoms with Crippen LogP contribution in [0, 0.1) is 11.8 Å². The SMILES string of the molecule is COc1ccc(-c2csc(N3N=C4CCC(C)CC4C3(O)C(F)(F)F)n2)cc1. The van der Waals surface area contributed by atoms with E-state index in [0.29, 0.717) is 28.6 Å². The number of aromatic nitrogens is 1. The molecule has 1 aromatic carbocycles. The Balaban J connectivity index is 1.71. The third-order valence-electron chi connectivity index (χ3n) is 5.45. The molecule has 150 valence electrons. The lowest BCUT2D eigenvalue weighted by Gasteiger charge is -2.39. The molecule has 0 radical (unpaired) electrons. The molecule has 9 heteroatoms. The second kappa shape index (κ2) is 6.73. The van der Waals surface area contributed by atoms with Crippen molar-refractivity contribution in [1.82, 2.24) is 4.98 Å². The van der Waals surface area contributed by atoms with E-state index in [-0.39, 0.29) is 17.5 Å². The van der Waals surface area contributed by atoms with Gasteiger partial charge in [0.05, 0.1) is 18.7 Å². The Morgan fingerprint density at radius 3 is 2.64 bits per heavy atom. The number of benzene rings is 1. The summed E-state index contributed by atoms with van der Waals surface area (Å²) >= 11 is 1.03. The molecule has 1 saturated carbocycles. The molecule has 28 heavy (non-hydrogen) atoms. The van der Waals surface area contributed by atoms with Crippen LogP contribution in [0.5, 0.6) is 5.75 Å². The molecule has 0 saturated heterocycles. The van der Waals surface area contributed by atoms with Gasteiger partial charge in [0.25, 0.3) is 5.72 Å². The molecule has 1 aromatic heterocycles. The lowest BCUT2D eigenvalue weighted by atomic mass is 9.76. The van der Waals surface area contributed by atoms with E-state index in [1.807, 2.05) is 6.92 Å². The van der Waals surface area contributed by atoms with Gasteiger partial charge in [0.2, 0.25) is 5.13 Å². The van der Waals surface area contributed by atoms with Crippen molar-refractivity contribution in [2.45, 2.75) is 38.1 Å². The van der Waals surface area contributed by atoms with Crippen LogP contribution in [0.2, 0.25) is 0 Å². The van der Waals surface area contributed by atoms with Gasteiger partial charge in [-0.3, -0.25) is 0 Å².